The molecule has 1 unspecified atom stereocenters. The Kier molecular flexibility index (Phi) is 20.6. The van der Waals surface area contributed by atoms with Crippen LogP contribution in [0.25, 0.3) is 0 Å². The van der Waals surface area contributed by atoms with Crippen LogP contribution in [0.2, 0.25) is 0 Å². The van der Waals surface area contributed by atoms with E-state index in [1.807, 2.05) is 107 Å². The summed E-state index contributed by atoms with van der Waals surface area (Å²) < 4.78 is 17.0. The van der Waals surface area contributed by atoms with Crippen LogP contribution in [0.1, 0.15) is 83.7 Å². The fourth-order valence-electron chi connectivity index (χ4n) is 7.00. The maximum atomic E-state index is 15.0. The first-order chi connectivity index (χ1) is 31.0. The Hall–Kier alpha value is -6.10. The third-order valence-corrected chi connectivity index (χ3v) is 10.1. The van der Waals surface area contributed by atoms with Crippen molar-refractivity contribution in [1.82, 2.24) is 36.1 Å². The number of carbonyl (C=O) groups excluding carboxylic acids is 5. The van der Waals surface area contributed by atoms with Gasteiger partial charge in [-0.25, -0.2) is 14.6 Å². The predicted octanol–water partition coefficient (Wildman–Crippen LogP) is 5.81. The number of aliphatic hydroxyl groups excluding tert-OH is 1. The third kappa shape index (κ3) is 18.9. The molecule has 65 heavy (non-hydrogen) atoms. The molecule has 0 aliphatic heterocycles. The molecule has 16 heteroatoms. The molecule has 0 spiro atoms. The number of rotatable bonds is 24. The van der Waals surface area contributed by atoms with Crippen LogP contribution >= 0.6 is 0 Å². The molecule has 352 valence electrons. The summed E-state index contributed by atoms with van der Waals surface area (Å²) in [6.45, 7) is 12.5. The van der Waals surface area contributed by atoms with E-state index in [-0.39, 0.29) is 51.2 Å². The van der Waals surface area contributed by atoms with Gasteiger partial charge in [-0.3, -0.25) is 19.7 Å². The van der Waals surface area contributed by atoms with Crippen LogP contribution < -0.4 is 21.3 Å². The van der Waals surface area contributed by atoms with Crippen LogP contribution in [-0.4, -0.2) is 99.0 Å². The zero-order valence-corrected chi connectivity index (χ0v) is 38.6. The lowest BCUT2D eigenvalue weighted by Crippen LogP contribution is -2.60. The van der Waals surface area contributed by atoms with Gasteiger partial charge >= 0.3 is 12.2 Å². The Labute approximate surface area is 382 Å². The van der Waals surface area contributed by atoms with Gasteiger partial charge in [-0.15, -0.1) is 0 Å². The third-order valence-electron chi connectivity index (χ3n) is 10.1. The van der Waals surface area contributed by atoms with Gasteiger partial charge in [0.2, 0.25) is 17.7 Å². The highest BCUT2D eigenvalue weighted by Crippen LogP contribution is 2.18. The van der Waals surface area contributed by atoms with Gasteiger partial charge in [0.05, 0.1) is 31.1 Å². The van der Waals surface area contributed by atoms with Crippen molar-refractivity contribution in [3.05, 3.63) is 126 Å². The van der Waals surface area contributed by atoms with Crippen molar-refractivity contribution in [2.75, 3.05) is 13.3 Å². The van der Waals surface area contributed by atoms with E-state index in [2.05, 4.69) is 31.2 Å². The van der Waals surface area contributed by atoms with E-state index in [1.54, 1.807) is 39.1 Å². The van der Waals surface area contributed by atoms with Crippen LogP contribution in [0.4, 0.5) is 9.59 Å². The number of hydrogen-bond donors (Lipinski definition) is 6. The maximum Gasteiger partial charge on any atom is 0.414 e. The summed E-state index contributed by atoms with van der Waals surface area (Å²) in [5.41, 5.74) is 2.03. The fourth-order valence-corrected chi connectivity index (χ4v) is 7.00. The SMILES string of the molecule is CC(C)C[C@H](NC(=O)[C@H](Cc1cnc[nH]1)N(COCc1ccccc1)C(=O)[C@H](Cc1ccccc1)NC(=O)OC(C)(C)C)C(O)CN[C@H](CC(C)C)C(=O)NC(=O)OCc1ccccc1. The molecule has 0 aliphatic rings. The molecular weight excluding hydrogens is 831 g/mol. The number of nitrogens with one attached hydrogen (secondary N) is 5. The molecule has 1 aromatic heterocycles. The quantitative estimate of drug-likeness (QED) is 0.0462. The summed E-state index contributed by atoms with van der Waals surface area (Å²) in [6, 6.07) is 23.4. The van der Waals surface area contributed by atoms with Gasteiger partial charge in [0.1, 0.15) is 31.0 Å². The second-order valence-electron chi connectivity index (χ2n) is 17.9. The van der Waals surface area contributed by atoms with Crippen LogP contribution in [-0.2, 0) is 54.6 Å². The van der Waals surface area contributed by atoms with E-state index in [1.165, 1.54) is 11.2 Å². The number of aromatic amines is 1. The number of hydrogen-bond acceptors (Lipinski definition) is 11. The molecule has 0 bridgehead atoms. The molecule has 6 N–H and O–H groups in total. The summed E-state index contributed by atoms with van der Waals surface area (Å²) in [6.07, 6.45) is 0.783. The molecule has 0 saturated carbocycles. The lowest BCUT2D eigenvalue weighted by Gasteiger charge is -2.35. The average molecular weight is 898 g/mol. The Bertz CT molecular complexity index is 2050. The number of benzene rings is 3. The highest BCUT2D eigenvalue weighted by Gasteiger charge is 2.38. The van der Waals surface area contributed by atoms with Crippen molar-refractivity contribution in [2.24, 2.45) is 11.8 Å². The molecule has 1 heterocycles. The minimum atomic E-state index is -1.24. The molecule has 4 rings (SSSR count). The number of carbonyl (C=O) groups is 5. The number of alkyl carbamates (subject to hydrolysis) is 2. The Balaban J connectivity index is 1.61. The highest BCUT2D eigenvalue weighted by atomic mass is 16.6. The second-order valence-corrected chi connectivity index (χ2v) is 17.9. The van der Waals surface area contributed by atoms with Crippen molar-refractivity contribution in [3.8, 4) is 0 Å². The van der Waals surface area contributed by atoms with Gasteiger partial charge in [-0.1, -0.05) is 119 Å². The average Bonchev–Trinajstić information content (AvgIpc) is 3.78. The molecule has 0 fully saturated rings. The number of aromatic nitrogens is 2. The van der Waals surface area contributed by atoms with Crippen LogP contribution in [0.15, 0.2) is 104 Å². The van der Waals surface area contributed by atoms with Crippen molar-refractivity contribution in [3.63, 3.8) is 0 Å². The number of amides is 5. The van der Waals surface area contributed by atoms with E-state index in [0.29, 0.717) is 18.5 Å². The number of aliphatic hydroxyl groups is 1. The molecule has 0 radical (unpaired) electrons. The van der Waals surface area contributed by atoms with Gasteiger partial charge in [-0.2, -0.15) is 0 Å². The Morgan fingerprint density at radius 3 is 1.86 bits per heavy atom. The minimum absolute atomic E-state index is 0.00428. The van der Waals surface area contributed by atoms with Gasteiger partial charge in [0.25, 0.3) is 0 Å². The van der Waals surface area contributed by atoms with Crippen molar-refractivity contribution < 1.29 is 43.3 Å². The smallest absolute Gasteiger partial charge is 0.414 e. The molecule has 5 atom stereocenters. The standard InChI is InChI=1S/C49H67N7O9/c1-33(2)23-39(43(57)28-51-40(24-34(3)4)44(58)55-47(61)64-30-37-21-15-10-16-22-37)53-45(59)42(26-38-27-50-31-52-38)56(32-63-29-36-19-13-9-14-20-36)46(60)41(25-35-17-11-8-12-18-35)54-48(62)65-49(5,6)7/h8-22,27,31,33-34,39-43,51,57H,23-26,28-30,32H2,1-7H3,(H,50,52)(H,53,59)(H,54,62)(H,55,58,61)/t39-,40+,41-,42-,43?/m0/s1. The summed E-state index contributed by atoms with van der Waals surface area (Å²) in [5, 5.41) is 23.0. The monoisotopic (exact) mass is 898 g/mol. The van der Waals surface area contributed by atoms with E-state index < -0.39 is 65.8 Å². The van der Waals surface area contributed by atoms with Crippen LogP contribution in [0.5, 0.6) is 0 Å². The van der Waals surface area contributed by atoms with Crippen molar-refractivity contribution in [1.29, 1.82) is 0 Å². The zero-order valence-electron chi connectivity index (χ0n) is 38.6. The van der Waals surface area contributed by atoms with Crippen molar-refractivity contribution in [2.45, 2.75) is 123 Å². The number of nitrogens with zero attached hydrogens (tertiary/aromatic N) is 2. The summed E-state index contributed by atoms with van der Waals surface area (Å²) in [5.74, 6) is -1.80. The minimum Gasteiger partial charge on any atom is -0.444 e. The van der Waals surface area contributed by atoms with Gasteiger partial charge in [0.15, 0.2) is 0 Å². The molecule has 0 aliphatic carbocycles. The Morgan fingerprint density at radius 1 is 0.723 bits per heavy atom. The first kappa shape index (κ1) is 51.5. The second kappa shape index (κ2) is 26.0. The van der Waals surface area contributed by atoms with Gasteiger partial charge in [-0.05, 0) is 62.1 Å². The van der Waals surface area contributed by atoms with Crippen molar-refractivity contribution >= 4 is 29.9 Å². The molecule has 3 aromatic carbocycles. The molecule has 4 aromatic rings. The first-order valence-electron chi connectivity index (χ1n) is 22.1. The van der Waals surface area contributed by atoms with Gasteiger partial charge < -0.3 is 45.2 Å². The molecular formula is C49H67N7O9. The largest absolute Gasteiger partial charge is 0.444 e. The topological polar surface area (TPSA) is 213 Å². The van der Waals surface area contributed by atoms with Crippen LogP contribution in [0.3, 0.4) is 0 Å². The molecule has 5 amide bonds. The number of imidazole rings is 1. The van der Waals surface area contributed by atoms with Crippen LogP contribution in [0, 0.1) is 11.8 Å². The molecule has 16 nitrogen and oxygen atoms in total. The van der Waals surface area contributed by atoms with E-state index in [0.717, 1.165) is 16.7 Å². The highest BCUT2D eigenvalue weighted by molar-refractivity contribution is 5.95. The van der Waals surface area contributed by atoms with E-state index in [9.17, 15) is 24.3 Å². The lowest BCUT2D eigenvalue weighted by molar-refractivity contribution is -0.149. The predicted molar refractivity (Wildman–Crippen MR) is 246 cm³/mol. The number of H-pyrrole nitrogens is 1. The zero-order chi connectivity index (χ0) is 47.4. The van der Waals surface area contributed by atoms with Gasteiger partial charge in [0, 0.05) is 31.3 Å². The summed E-state index contributed by atoms with van der Waals surface area (Å²) >= 11 is 0. The van der Waals surface area contributed by atoms with E-state index >= 15 is 4.79 Å². The normalized spacial score (nSPS) is 13.8. The lowest BCUT2D eigenvalue weighted by atomic mass is 9.97. The summed E-state index contributed by atoms with van der Waals surface area (Å²) in [4.78, 5) is 77.7. The molecule has 0 saturated heterocycles. The maximum absolute atomic E-state index is 15.0. The fraction of sp³-hybridized carbons (Fsp3) is 0.469. The Morgan fingerprint density at radius 2 is 1.31 bits per heavy atom. The summed E-state index contributed by atoms with van der Waals surface area (Å²) in [7, 11) is 0. The first-order valence-corrected chi connectivity index (χ1v) is 22.1. The number of imide groups is 1. The number of ether oxygens (including phenoxy) is 3. The van der Waals surface area contributed by atoms with E-state index in [4.69, 9.17) is 14.2 Å².